The van der Waals surface area contributed by atoms with E-state index >= 15 is 0 Å². The molecule has 1 unspecified atom stereocenters. The predicted octanol–water partition coefficient (Wildman–Crippen LogP) is 2.02. The fraction of sp³-hybridized carbons (Fsp3) is 0.500. The van der Waals surface area contributed by atoms with Crippen LogP contribution in [-0.4, -0.2) is 33.9 Å². The summed E-state index contributed by atoms with van der Waals surface area (Å²) in [5, 5.41) is 3.77. The van der Waals surface area contributed by atoms with Gasteiger partial charge in [-0.2, -0.15) is 0 Å². The Balaban J connectivity index is 2.35. The standard InChI is InChI=1S/C12H16ClNO3/c1-15-9-4-3-8(12(16-2)11(9)13)10-7-14-5-6-17-10/h3-4,10,14H,5-7H2,1-2H3. The molecule has 0 saturated carbocycles. The quantitative estimate of drug-likeness (QED) is 0.899. The van der Waals surface area contributed by atoms with Crippen molar-refractivity contribution in [3.05, 3.63) is 22.7 Å². The van der Waals surface area contributed by atoms with Crippen LogP contribution in [0.4, 0.5) is 0 Å². The minimum atomic E-state index is -0.0258. The topological polar surface area (TPSA) is 39.7 Å². The molecule has 1 saturated heterocycles. The highest BCUT2D eigenvalue weighted by molar-refractivity contribution is 6.33. The molecule has 1 aliphatic rings. The van der Waals surface area contributed by atoms with Crippen LogP contribution in [0.2, 0.25) is 5.02 Å². The Hall–Kier alpha value is -0.970. The molecule has 17 heavy (non-hydrogen) atoms. The van der Waals surface area contributed by atoms with Crippen LogP contribution < -0.4 is 14.8 Å². The molecule has 1 aliphatic heterocycles. The summed E-state index contributed by atoms with van der Waals surface area (Å²) in [6.07, 6.45) is -0.0258. The third-order valence-corrected chi connectivity index (χ3v) is 3.15. The molecule has 1 aromatic rings. The van der Waals surface area contributed by atoms with Gasteiger partial charge in [-0.1, -0.05) is 11.6 Å². The minimum absolute atomic E-state index is 0.0258. The van der Waals surface area contributed by atoms with Crippen LogP contribution >= 0.6 is 11.6 Å². The predicted molar refractivity (Wildman–Crippen MR) is 66.1 cm³/mol. The Morgan fingerprint density at radius 1 is 1.35 bits per heavy atom. The van der Waals surface area contributed by atoms with E-state index in [0.29, 0.717) is 23.1 Å². The van der Waals surface area contributed by atoms with Crippen LogP contribution in [0.15, 0.2) is 12.1 Å². The van der Waals surface area contributed by atoms with E-state index in [4.69, 9.17) is 25.8 Å². The molecule has 5 heteroatoms. The number of halogens is 1. The van der Waals surface area contributed by atoms with Crippen LogP contribution in [-0.2, 0) is 4.74 Å². The maximum atomic E-state index is 6.21. The first-order valence-electron chi connectivity index (χ1n) is 5.50. The molecule has 0 spiro atoms. The van der Waals surface area contributed by atoms with Gasteiger partial charge in [-0.05, 0) is 12.1 Å². The lowest BCUT2D eigenvalue weighted by atomic mass is 10.1. The van der Waals surface area contributed by atoms with Crippen molar-refractivity contribution in [3.8, 4) is 11.5 Å². The van der Waals surface area contributed by atoms with Gasteiger partial charge in [0.15, 0.2) is 0 Å². The molecular weight excluding hydrogens is 242 g/mol. The lowest BCUT2D eigenvalue weighted by Crippen LogP contribution is -2.33. The number of rotatable bonds is 3. The number of methoxy groups -OCH3 is 2. The lowest BCUT2D eigenvalue weighted by molar-refractivity contribution is 0.0262. The highest BCUT2D eigenvalue weighted by Crippen LogP contribution is 2.40. The molecule has 94 valence electrons. The maximum Gasteiger partial charge on any atom is 0.147 e. The SMILES string of the molecule is COc1ccc(C2CNCCO2)c(OC)c1Cl. The van der Waals surface area contributed by atoms with E-state index in [9.17, 15) is 0 Å². The van der Waals surface area contributed by atoms with Crippen molar-refractivity contribution >= 4 is 11.6 Å². The molecule has 4 nitrogen and oxygen atoms in total. The average molecular weight is 258 g/mol. The maximum absolute atomic E-state index is 6.21. The van der Waals surface area contributed by atoms with Crippen LogP contribution in [0.5, 0.6) is 11.5 Å². The summed E-state index contributed by atoms with van der Waals surface area (Å²) in [5.74, 6) is 1.23. The van der Waals surface area contributed by atoms with Gasteiger partial charge in [0.25, 0.3) is 0 Å². The molecule has 1 fully saturated rings. The van der Waals surface area contributed by atoms with Gasteiger partial charge in [-0.3, -0.25) is 0 Å². The third-order valence-electron chi connectivity index (χ3n) is 2.79. The van der Waals surface area contributed by atoms with Gasteiger partial charge >= 0.3 is 0 Å². The van der Waals surface area contributed by atoms with Crippen LogP contribution in [0.25, 0.3) is 0 Å². The third kappa shape index (κ3) is 2.49. The first kappa shape index (κ1) is 12.5. The van der Waals surface area contributed by atoms with Crippen LogP contribution in [0.3, 0.4) is 0 Å². The van der Waals surface area contributed by atoms with E-state index in [1.54, 1.807) is 14.2 Å². The minimum Gasteiger partial charge on any atom is -0.495 e. The molecule has 1 atom stereocenters. The Morgan fingerprint density at radius 2 is 2.18 bits per heavy atom. The second kappa shape index (κ2) is 5.58. The van der Waals surface area contributed by atoms with Gasteiger partial charge in [0, 0.05) is 18.7 Å². The highest BCUT2D eigenvalue weighted by atomic mass is 35.5. The highest BCUT2D eigenvalue weighted by Gasteiger charge is 2.22. The summed E-state index contributed by atoms with van der Waals surface area (Å²) < 4.78 is 16.2. The van der Waals surface area contributed by atoms with Crippen molar-refractivity contribution in [2.45, 2.75) is 6.10 Å². The zero-order valence-corrected chi connectivity index (χ0v) is 10.7. The average Bonchev–Trinajstić information content (AvgIpc) is 2.39. The largest absolute Gasteiger partial charge is 0.495 e. The van der Waals surface area contributed by atoms with E-state index in [-0.39, 0.29) is 6.10 Å². The first-order valence-corrected chi connectivity index (χ1v) is 5.88. The number of benzene rings is 1. The van der Waals surface area contributed by atoms with Crippen molar-refractivity contribution in [3.63, 3.8) is 0 Å². The molecule has 0 radical (unpaired) electrons. The molecule has 1 N–H and O–H groups in total. The normalized spacial score (nSPS) is 20.1. The zero-order chi connectivity index (χ0) is 12.3. The molecule has 0 aliphatic carbocycles. The Morgan fingerprint density at radius 3 is 2.76 bits per heavy atom. The van der Waals surface area contributed by atoms with E-state index < -0.39 is 0 Å². The number of hydrogen-bond donors (Lipinski definition) is 1. The Bertz CT molecular complexity index is 392. The second-order valence-corrected chi connectivity index (χ2v) is 4.15. The smallest absolute Gasteiger partial charge is 0.147 e. The molecule has 0 aromatic heterocycles. The van der Waals surface area contributed by atoms with Crippen molar-refractivity contribution < 1.29 is 14.2 Å². The van der Waals surface area contributed by atoms with Crippen molar-refractivity contribution in [2.75, 3.05) is 33.9 Å². The molecular formula is C12H16ClNO3. The summed E-state index contributed by atoms with van der Waals surface area (Å²) in [7, 11) is 3.18. The van der Waals surface area contributed by atoms with Crippen LogP contribution in [0.1, 0.15) is 11.7 Å². The van der Waals surface area contributed by atoms with E-state index in [0.717, 1.165) is 18.7 Å². The molecule has 0 bridgehead atoms. The zero-order valence-electron chi connectivity index (χ0n) is 9.96. The van der Waals surface area contributed by atoms with E-state index in [1.807, 2.05) is 12.1 Å². The van der Waals surface area contributed by atoms with Crippen molar-refractivity contribution in [1.82, 2.24) is 5.32 Å². The fourth-order valence-corrected chi connectivity index (χ4v) is 2.26. The van der Waals surface area contributed by atoms with Crippen molar-refractivity contribution in [1.29, 1.82) is 0 Å². The fourth-order valence-electron chi connectivity index (χ4n) is 1.94. The summed E-state index contributed by atoms with van der Waals surface area (Å²) in [6.45, 7) is 2.33. The summed E-state index contributed by atoms with van der Waals surface area (Å²) >= 11 is 6.21. The number of hydrogen-bond acceptors (Lipinski definition) is 4. The Labute approximate surface area is 106 Å². The summed E-state index contributed by atoms with van der Waals surface area (Å²) in [6, 6.07) is 3.76. The lowest BCUT2D eigenvalue weighted by Gasteiger charge is -2.26. The molecule has 0 amide bonds. The van der Waals surface area contributed by atoms with Crippen molar-refractivity contribution in [2.24, 2.45) is 0 Å². The number of ether oxygens (including phenoxy) is 3. The van der Waals surface area contributed by atoms with Gasteiger partial charge in [0.1, 0.15) is 16.5 Å². The van der Waals surface area contributed by atoms with E-state index in [1.165, 1.54) is 0 Å². The molecule has 2 rings (SSSR count). The van der Waals surface area contributed by atoms with Gasteiger partial charge < -0.3 is 19.5 Å². The summed E-state index contributed by atoms with van der Waals surface area (Å²) in [5.41, 5.74) is 0.950. The second-order valence-electron chi connectivity index (χ2n) is 3.77. The number of morpholine rings is 1. The Kier molecular flexibility index (Phi) is 4.10. The number of nitrogens with one attached hydrogen (secondary N) is 1. The van der Waals surface area contributed by atoms with Gasteiger partial charge in [-0.15, -0.1) is 0 Å². The van der Waals surface area contributed by atoms with Gasteiger partial charge in [0.2, 0.25) is 0 Å². The van der Waals surface area contributed by atoms with Gasteiger partial charge in [0.05, 0.1) is 26.9 Å². The monoisotopic (exact) mass is 257 g/mol. The van der Waals surface area contributed by atoms with Gasteiger partial charge in [-0.25, -0.2) is 0 Å². The van der Waals surface area contributed by atoms with Crippen LogP contribution in [0, 0.1) is 0 Å². The first-order chi connectivity index (χ1) is 8.27. The summed E-state index contributed by atoms with van der Waals surface area (Å²) in [4.78, 5) is 0. The molecule has 1 aromatic carbocycles. The molecule has 1 heterocycles. The van der Waals surface area contributed by atoms with E-state index in [2.05, 4.69) is 5.32 Å².